The molecule has 2 N–H and O–H groups in total. The number of nitrogens with two attached hydrogens (primary N) is 1. The molecule has 4 nitrogen and oxygen atoms in total. The molecule has 0 unspecified atom stereocenters. The van der Waals surface area contributed by atoms with Crippen LogP contribution in [-0.4, -0.2) is 10.9 Å². The zero-order chi connectivity index (χ0) is 11.4. The first kappa shape index (κ1) is 10.2. The van der Waals surface area contributed by atoms with Crippen molar-refractivity contribution in [3.63, 3.8) is 0 Å². The van der Waals surface area contributed by atoms with Crippen LogP contribution in [0, 0.1) is 0 Å². The molecule has 0 fully saturated rings. The Labute approximate surface area is 92.7 Å². The average Bonchev–Trinajstić information content (AvgIpc) is 2.31. The highest BCUT2D eigenvalue weighted by Crippen LogP contribution is 2.19. The fourth-order valence-corrected chi connectivity index (χ4v) is 1.21. The van der Waals surface area contributed by atoms with Crippen molar-refractivity contribution in [3.05, 3.63) is 54.4 Å². The SMILES string of the molecule is NC(=O)c1ccc(Oc2ccccc2)cn1. The van der Waals surface area contributed by atoms with Gasteiger partial charge in [0.2, 0.25) is 0 Å². The van der Waals surface area contributed by atoms with E-state index >= 15 is 0 Å². The number of primary amides is 1. The van der Waals surface area contributed by atoms with Crippen LogP contribution >= 0.6 is 0 Å². The second kappa shape index (κ2) is 4.44. The Bertz CT molecular complexity index is 480. The highest BCUT2D eigenvalue weighted by Gasteiger charge is 2.02. The topological polar surface area (TPSA) is 65.2 Å². The monoisotopic (exact) mass is 214 g/mol. The van der Waals surface area contributed by atoms with Gasteiger partial charge in [-0.1, -0.05) is 18.2 Å². The fraction of sp³-hybridized carbons (Fsp3) is 0. The van der Waals surface area contributed by atoms with E-state index in [0.717, 1.165) is 5.75 Å². The molecular weight excluding hydrogens is 204 g/mol. The summed E-state index contributed by atoms with van der Waals surface area (Å²) in [6.07, 6.45) is 1.47. The molecule has 0 aliphatic carbocycles. The van der Waals surface area contributed by atoms with Crippen molar-refractivity contribution in [3.8, 4) is 11.5 Å². The van der Waals surface area contributed by atoms with Crippen LogP contribution in [-0.2, 0) is 0 Å². The van der Waals surface area contributed by atoms with Crippen molar-refractivity contribution in [1.82, 2.24) is 4.98 Å². The molecule has 0 saturated heterocycles. The van der Waals surface area contributed by atoms with Gasteiger partial charge in [-0.25, -0.2) is 4.98 Å². The van der Waals surface area contributed by atoms with Crippen LogP contribution < -0.4 is 10.5 Å². The van der Waals surface area contributed by atoms with E-state index in [-0.39, 0.29) is 5.69 Å². The van der Waals surface area contributed by atoms with E-state index in [1.165, 1.54) is 12.3 Å². The maximum Gasteiger partial charge on any atom is 0.267 e. The van der Waals surface area contributed by atoms with E-state index in [4.69, 9.17) is 10.5 Å². The Morgan fingerprint density at radius 2 is 1.81 bits per heavy atom. The van der Waals surface area contributed by atoms with Crippen LogP contribution in [0.3, 0.4) is 0 Å². The molecule has 1 aromatic heterocycles. The summed E-state index contributed by atoms with van der Waals surface area (Å²) in [5, 5.41) is 0. The lowest BCUT2D eigenvalue weighted by atomic mass is 10.3. The first-order valence-electron chi connectivity index (χ1n) is 4.74. The van der Waals surface area contributed by atoms with Gasteiger partial charge >= 0.3 is 0 Å². The summed E-state index contributed by atoms with van der Waals surface area (Å²) in [6, 6.07) is 12.5. The maximum atomic E-state index is 10.8. The van der Waals surface area contributed by atoms with Crippen molar-refractivity contribution in [2.45, 2.75) is 0 Å². The highest BCUT2D eigenvalue weighted by atomic mass is 16.5. The van der Waals surface area contributed by atoms with Gasteiger partial charge in [-0.2, -0.15) is 0 Å². The number of aromatic nitrogens is 1. The van der Waals surface area contributed by atoms with E-state index in [0.29, 0.717) is 5.75 Å². The summed E-state index contributed by atoms with van der Waals surface area (Å²) in [6.45, 7) is 0. The summed E-state index contributed by atoms with van der Waals surface area (Å²) in [5.74, 6) is 0.735. The van der Waals surface area contributed by atoms with Crippen molar-refractivity contribution in [2.75, 3.05) is 0 Å². The van der Waals surface area contributed by atoms with Gasteiger partial charge in [0.25, 0.3) is 5.91 Å². The second-order valence-electron chi connectivity index (χ2n) is 3.16. The molecule has 2 rings (SSSR count). The smallest absolute Gasteiger partial charge is 0.267 e. The van der Waals surface area contributed by atoms with Crippen LogP contribution in [0.4, 0.5) is 0 Å². The molecule has 2 aromatic rings. The summed E-state index contributed by atoms with van der Waals surface area (Å²) in [7, 11) is 0. The van der Waals surface area contributed by atoms with Crippen LogP contribution in [0.25, 0.3) is 0 Å². The third-order valence-corrected chi connectivity index (χ3v) is 1.97. The molecule has 1 heterocycles. The van der Waals surface area contributed by atoms with Gasteiger partial charge < -0.3 is 10.5 Å². The number of pyridine rings is 1. The van der Waals surface area contributed by atoms with Gasteiger partial charge in [0.05, 0.1) is 6.20 Å². The first-order valence-corrected chi connectivity index (χ1v) is 4.74. The predicted octanol–water partition coefficient (Wildman–Crippen LogP) is 1.97. The minimum absolute atomic E-state index is 0.223. The molecule has 0 saturated carbocycles. The third kappa shape index (κ3) is 2.36. The van der Waals surface area contributed by atoms with Crippen LogP contribution in [0.1, 0.15) is 10.5 Å². The van der Waals surface area contributed by atoms with E-state index in [1.54, 1.807) is 6.07 Å². The third-order valence-electron chi connectivity index (χ3n) is 1.97. The van der Waals surface area contributed by atoms with E-state index in [1.807, 2.05) is 30.3 Å². The Balaban J connectivity index is 2.14. The molecular formula is C12H10N2O2. The van der Waals surface area contributed by atoms with E-state index < -0.39 is 5.91 Å². The molecule has 80 valence electrons. The van der Waals surface area contributed by atoms with Crippen LogP contribution in [0.5, 0.6) is 11.5 Å². The van der Waals surface area contributed by atoms with Gasteiger partial charge in [0, 0.05) is 0 Å². The van der Waals surface area contributed by atoms with Crippen molar-refractivity contribution in [1.29, 1.82) is 0 Å². The van der Waals surface area contributed by atoms with Crippen molar-refractivity contribution >= 4 is 5.91 Å². The molecule has 1 amide bonds. The molecule has 0 spiro atoms. The zero-order valence-electron chi connectivity index (χ0n) is 8.46. The second-order valence-corrected chi connectivity index (χ2v) is 3.16. The largest absolute Gasteiger partial charge is 0.456 e. The number of benzene rings is 1. The zero-order valence-corrected chi connectivity index (χ0v) is 8.46. The van der Waals surface area contributed by atoms with Gasteiger partial charge in [-0.05, 0) is 24.3 Å². The fourth-order valence-electron chi connectivity index (χ4n) is 1.21. The molecule has 0 bridgehead atoms. The van der Waals surface area contributed by atoms with E-state index in [9.17, 15) is 4.79 Å². The van der Waals surface area contributed by atoms with Crippen LogP contribution in [0.15, 0.2) is 48.7 Å². The number of nitrogens with zero attached hydrogens (tertiary/aromatic N) is 1. The molecule has 4 heteroatoms. The van der Waals surface area contributed by atoms with Crippen LogP contribution in [0.2, 0.25) is 0 Å². The van der Waals surface area contributed by atoms with Crippen molar-refractivity contribution in [2.24, 2.45) is 5.73 Å². The van der Waals surface area contributed by atoms with E-state index in [2.05, 4.69) is 4.98 Å². The molecule has 0 aliphatic rings. The number of hydrogen-bond acceptors (Lipinski definition) is 3. The summed E-state index contributed by atoms with van der Waals surface area (Å²) in [4.78, 5) is 14.7. The lowest BCUT2D eigenvalue weighted by Crippen LogP contribution is -2.12. The van der Waals surface area contributed by atoms with Gasteiger partial charge in [0.1, 0.15) is 17.2 Å². The summed E-state index contributed by atoms with van der Waals surface area (Å²) in [5.41, 5.74) is 5.30. The molecule has 1 aromatic carbocycles. The van der Waals surface area contributed by atoms with Crippen molar-refractivity contribution < 1.29 is 9.53 Å². The standard InChI is InChI=1S/C12H10N2O2/c13-12(15)11-7-6-10(8-14-11)16-9-4-2-1-3-5-9/h1-8H,(H2,13,15). The number of ether oxygens (including phenoxy) is 1. The van der Waals surface area contributed by atoms with Gasteiger partial charge in [-0.3, -0.25) is 4.79 Å². The Morgan fingerprint density at radius 3 is 2.38 bits per heavy atom. The molecule has 0 radical (unpaired) electrons. The highest BCUT2D eigenvalue weighted by molar-refractivity contribution is 5.90. The average molecular weight is 214 g/mol. The lowest BCUT2D eigenvalue weighted by Gasteiger charge is -2.04. The quantitative estimate of drug-likeness (QED) is 0.849. The Kier molecular flexibility index (Phi) is 2.82. The Hall–Kier alpha value is -2.36. The minimum Gasteiger partial charge on any atom is -0.456 e. The minimum atomic E-state index is -0.550. The number of amides is 1. The number of hydrogen-bond donors (Lipinski definition) is 1. The number of para-hydroxylation sites is 1. The summed E-state index contributed by atoms with van der Waals surface area (Å²) < 4.78 is 5.50. The number of rotatable bonds is 3. The molecule has 0 aliphatic heterocycles. The van der Waals surface area contributed by atoms with Gasteiger partial charge in [0.15, 0.2) is 0 Å². The summed E-state index contributed by atoms with van der Waals surface area (Å²) >= 11 is 0. The Morgan fingerprint density at radius 1 is 1.06 bits per heavy atom. The number of carbonyl (C=O) groups is 1. The predicted molar refractivity (Wildman–Crippen MR) is 59.3 cm³/mol. The normalized spacial score (nSPS) is 9.75. The first-order chi connectivity index (χ1) is 7.75. The lowest BCUT2D eigenvalue weighted by molar-refractivity contribution is 0.0995. The molecule has 16 heavy (non-hydrogen) atoms. The van der Waals surface area contributed by atoms with Gasteiger partial charge in [-0.15, -0.1) is 0 Å². The maximum absolute atomic E-state index is 10.8. The number of carbonyl (C=O) groups excluding carboxylic acids is 1. The molecule has 0 atom stereocenters.